The van der Waals surface area contributed by atoms with Gasteiger partial charge in [-0.05, 0) is 56.9 Å². The van der Waals surface area contributed by atoms with Gasteiger partial charge in [0.1, 0.15) is 5.82 Å². The van der Waals surface area contributed by atoms with E-state index in [9.17, 15) is 0 Å². The van der Waals surface area contributed by atoms with Gasteiger partial charge in [0.2, 0.25) is 5.95 Å². The van der Waals surface area contributed by atoms with Crippen LogP contribution in [0.4, 0.5) is 23.1 Å². The average molecular weight is 453 g/mol. The molecule has 2 atom stereocenters. The molecule has 2 aliphatic rings. The Kier molecular flexibility index (Phi) is 6.37. The van der Waals surface area contributed by atoms with Gasteiger partial charge in [-0.25, -0.2) is 4.98 Å². The van der Waals surface area contributed by atoms with Crippen molar-refractivity contribution in [2.75, 3.05) is 34.9 Å². The molecule has 3 heterocycles. The smallest absolute Gasteiger partial charge is 0.225 e. The zero-order valence-electron chi connectivity index (χ0n) is 20.2. The number of rotatable bonds is 6. The number of nitrogens with one attached hydrogen (secondary N) is 1. The number of hydrogen-bond donors (Lipinski definition) is 1. The molecule has 5 rings (SSSR count). The molecule has 0 saturated carbocycles. The number of fused-ring (bicyclic) bond motifs is 1. The highest BCUT2D eigenvalue weighted by atomic mass is 15.4. The Hall–Kier alpha value is -3.56. The lowest BCUT2D eigenvalue weighted by atomic mass is 10.1. The molecule has 2 fully saturated rings. The molecule has 0 bridgehead atoms. The molecule has 0 radical (unpaired) electrons. The molecule has 0 amide bonds. The van der Waals surface area contributed by atoms with Crippen LogP contribution < -0.4 is 15.1 Å². The summed E-state index contributed by atoms with van der Waals surface area (Å²) in [4.78, 5) is 16.4. The van der Waals surface area contributed by atoms with Crippen LogP contribution in [0.3, 0.4) is 0 Å². The maximum absolute atomic E-state index is 4.83. The molecule has 174 valence electrons. The third kappa shape index (κ3) is 4.57. The number of benzene rings is 2. The molecule has 6 nitrogen and oxygen atoms in total. The highest BCUT2D eigenvalue weighted by Crippen LogP contribution is 2.34. The number of nitrogens with zero attached hydrogens (tertiary/aromatic N) is 5. The van der Waals surface area contributed by atoms with E-state index in [1.54, 1.807) is 6.20 Å². The van der Waals surface area contributed by atoms with Gasteiger partial charge in [-0.2, -0.15) is 4.98 Å². The van der Waals surface area contributed by atoms with Crippen LogP contribution in [0.15, 0.2) is 60.8 Å². The monoisotopic (exact) mass is 452 g/mol. The summed E-state index contributed by atoms with van der Waals surface area (Å²) < 4.78 is 0. The molecular weight excluding hydrogens is 420 g/mol. The standard InChI is InChI=1S/C28H32N6/c1-4-16-34(27-14-15-29-28(31-27)30-22(3)23-9-6-5-7-10-23)26-18-24(13-12-21(26)2)33-19-25-11-8-17-32(25)20-33/h5-7,9-10,12-15,18,22,25H,8,11,17,19-20H2,1-3H3,(H,29,30,31). The van der Waals surface area contributed by atoms with Crippen molar-refractivity contribution in [3.05, 3.63) is 71.9 Å². The number of hydrogen-bond acceptors (Lipinski definition) is 6. The largest absolute Gasteiger partial charge is 0.357 e. The molecule has 2 aromatic carbocycles. The van der Waals surface area contributed by atoms with Crippen LogP contribution in [0.25, 0.3) is 0 Å². The van der Waals surface area contributed by atoms with Crippen molar-refractivity contribution >= 4 is 23.1 Å². The number of aromatic nitrogens is 2. The van der Waals surface area contributed by atoms with Crippen molar-refractivity contribution < 1.29 is 0 Å². The van der Waals surface area contributed by atoms with E-state index in [0.717, 1.165) is 30.3 Å². The second kappa shape index (κ2) is 9.74. The predicted octanol–water partition coefficient (Wildman–Crippen LogP) is 5.32. The zero-order chi connectivity index (χ0) is 23.5. The van der Waals surface area contributed by atoms with Crippen LogP contribution >= 0.6 is 0 Å². The second-order valence-corrected chi connectivity index (χ2v) is 9.16. The highest BCUT2D eigenvalue weighted by molar-refractivity contribution is 5.73. The first-order chi connectivity index (χ1) is 16.6. The van der Waals surface area contributed by atoms with Gasteiger partial charge in [0.15, 0.2) is 0 Å². The summed E-state index contributed by atoms with van der Waals surface area (Å²) in [6, 6.07) is 23.0. The van der Waals surface area contributed by atoms with Crippen LogP contribution in [0, 0.1) is 18.9 Å². The average Bonchev–Trinajstić information content (AvgIpc) is 3.47. The molecule has 6 heteroatoms. The second-order valence-electron chi connectivity index (χ2n) is 9.16. The minimum Gasteiger partial charge on any atom is -0.357 e. The van der Waals surface area contributed by atoms with Crippen molar-refractivity contribution in [3.8, 4) is 12.0 Å². The van der Waals surface area contributed by atoms with Crippen molar-refractivity contribution in [3.63, 3.8) is 0 Å². The van der Waals surface area contributed by atoms with Crippen LogP contribution in [-0.4, -0.2) is 40.7 Å². The molecule has 2 saturated heterocycles. The van der Waals surface area contributed by atoms with Crippen molar-refractivity contribution in [1.82, 2.24) is 14.9 Å². The molecule has 3 aromatic rings. The molecule has 0 aliphatic carbocycles. The maximum Gasteiger partial charge on any atom is 0.225 e. The lowest BCUT2D eigenvalue weighted by Gasteiger charge is -2.24. The normalized spacial score (nSPS) is 18.2. The Labute approximate surface area is 202 Å². The van der Waals surface area contributed by atoms with Gasteiger partial charge in [-0.1, -0.05) is 42.3 Å². The molecule has 0 spiro atoms. The Morgan fingerprint density at radius 3 is 2.79 bits per heavy atom. The minimum absolute atomic E-state index is 0.0943. The van der Waals surface area contributed by atoms with Crippen molar-refractivity contribution in [2.24, 2.45) is 0 Å². The fraction of sp³-hybridized carbons (Fsp3) is 0.357. The highest BCUT2D eigenvalue weighted by Gasteiger charge is 2.34. The summed E-state index contributed by atoms with van der Waals surface area (Å²) in [5, 5.41) is 3.43. The molecule has 34 heavy (non-hydrogen) atoms. The van der Waals surface area contributed by atoms with E-state index < -0.39 is 0 Å². The van der Waals surface area contributed by atoms with Gasteiger partial charge >= 0.3 is 0 Å². The number of anilines is 4. The number of aryl methyl sites for hydroxylation is 1. The fourth-order valence-electron chi connectivity index (χ4n) is 4.96. The lowest BCUT2D eigenvalue weighted by molar-refractivity contribution is 0.330. The lowest BCUT2D eigenvalue weighted by Crippen LogP contribution is -2.25. The third-order valence-electron chi connectivity index (χ3n) is 6.82. The first-order valence-corrected chi connectivity index (χ1v) is 12.1. The minimum atomic E-state index is 0.0943. The summed E-state index contributed by atoms with van der Waals surface area (Å²) in [6.07, 6.45) is 4.42. The van der Waals surface area contributed by atoms with E-state index in [1.165, 1.54) is 30.6 Å². The molecule has 1 aromatic heterocycles. The third-order valence-corrected chi connectivity index (χ3v) is 6.82. The van der Waals surface area contributed by atoms with Gasteiger partial charge in [0, 0.05) is 43.1 Å². The molecule has 2 unspecified atom stereocenters. The quantitative estimate of drug-likeness (QED) is 0.404. The summed E-state index contributed by atoms with van der Waals surface area (Å²) in [7, 11) is 0. The van der Waals surface area contributed by atoms with Crippen molar-refractivity contribution in [1.29, 1.82) is 0 Å². The van der Waals surface area contributed by atoms with Gasteiger partial charge in [-0.15, -0.1) is 0 Å². The van der Waals surface area contributed by atoms with Crippen LogP contribution in [0.2, 0.25) is 0 Å². The predicted molar refractivity (Wildman–Crippen MR) is 139 cm³/mol. The Bertz CT molecular complexity index is 1190. The first-order valence-electron chi connectivity index (χ1n) is 12.1. The first kappa shape index (κ1) is 22.2. The van der Waals surface area contributed by atoms with E-state index in [-0.39, 0.29) is 6.04 Å². The summed E-state index contributed by atoms with van der Waals surface area (Å²) >= 11 is 0. The molecular formula is C28H32N6. The topological polar surface area (TPSA) is 47.5 Å². The molecule has 2 aliphatic heterocycles. The van der Waals surface area contributed by atoms with E-state index in [2.05, 4.69) is 76.2 Å². The maximum atomic E-state index is 4.83. The Balaban J connectivity index is 1.42. The molecule has 1 N–H and O–H groups in total. The van der Waals surface area contributed by atoms with Gasteiger partial charge in [-0.3, -0.25) is 9.80 Å². The Morgan fingerprint density at radius 1 is 1.15 bits per heavy atom. The van der Waals surface area contributed by atoms with Crippen molar-refractivity contribution in [2.45, 2.75) is 45.7 Å². The summed E-state index contributed by atoms with van der Waals surface area (Å²) in [5.74, 6) is 4.42. The van der Waals surface area contributed by atoms with Gasteiger partial charge in [0.25, 0.3) is 0 Å². The van der Waals surface area contributed by atoms with E-state index >= 15 is 0 Å². The summed E-state index contributed by atoms with van der Waals surface area (Å²) in [6.45, 7) is 9.42. The van der Waals surface area contributed by atoms with Crippen LogP contribution in [0.5, 0.6) is 0 Å². The van der Waals surface area contributed by atoms with E-state index in [4.69, 9.17) is 4.98 Å². The van der Waals surface area contributed by atoms with Gasteiger partial charge < -0.3 is 10.2 Å². The SMILES string of the molecule is CC#CN(c1ccnc(NC(C)c2ccccc2)n1)c1cc(N2CC3CCCN3C2)ccc1C. The van der Waals surface area contributed by atoms with E-state index in [1.807, 2.05) is 36.1 Å². The van der Waals surface area contributed by atoms with E-state index in [0.29, 0.717) is 12.0 Å². The van der Waals surface area contributed by atoms with Gasteiger partial charge in [0.05, 0.1) is 18.4 Å². The summed E-state index contributed by atoms with van der Waals surface area (Å²) in [5.41, 5.74) is 4.65. The zero-order valence-corrected chi connectivity index (χ0v) is 20.2. The fourth-order valence-corrected chi connectivity index (χ4v) is 4.96. The van der Waals surface area contributed by atoms with Crippen LogP contribution in [0.1, 0.15) is 43.9 Å². The van der Waals surface area contributed by atoms with Crippen LogP contribution in [-0.2, 0) is 0 Å². The Morgan fingerprint density at radius 2 is 2.00 bits per heavy atom.